The highest BCUT2D eigenvalue weighted by molar-refractivity contribution is 4.84. The van der Waals surface area contributed by atoms with E-state index >= 15 is 0 Å². The average Bonchev–Trinajstić information content (AvgIpc) is 2.30. The summed E-state index contributed by atoms with van der Waals surface area (Å²) in [5, 5.41) is 21.6. The Balaban J connectivity index is 2.52. The molecule has 1 aliphatic heterocycles. The third kappa shape index (κ3) is 1.67. The zero-order valence-electron chi connectivity index (χ0n) is 6.66. The van der Waals surface area contributed by atoms with Crippen molar-refractivity contribution in [2.75, 3.05) is 6.54 Å². The molecule has 0 amide bonds. The van der Waals surface area contributed by atoms with Gasteiger partial charge < -0.3 is 14.9 Å². The third-order valence-electron chi connectivity index (χ3n) is 2.06. The largest absolute Gasteiger partial charge is 0.387 e. The summed E-state index contributed by atoms with van der Waals surface area (Å²) < 4.78 is 4.93. The van der Waals surface area contributed by atoms with E-state index in [2.05, 4.69) is 10.0 Å². The van der Waals surface area contributed by atoms with Crippen LogP contribution in [0.5, 0.6) is 0 Å². The van der Waals surface area contributed by atoms with Crippen LogP contribution in [0.3, 0.4) is 0 Å². The van der Waals surface area contributed by atoms with Crippen molar-refractivity contribution >= 4 is 0 Å². The van der Waals surface area contributed by atoms with Gasteiger partial charge in [0.05, 0.1) is 12.6 Å². The first-order valence-corrected chi connectivity index (χ1v) is 3.69. The number of rotatable bonds is 2. The smallest absolute Gasteiger partial charge is 0.181 e. The quantitative estimate of drug-likeness (QED) is 0.349. The minimum absolute atomic E-state index is 0.145. The van der Waals surface area contributed by atoms with Crippen LogP contribution in [0.1, 0.15) is 6.92 Å². The number of hydrogen-bond donors (Lipinski definition) is 2. The Bertz CT molecular complexity index is 204. The Labute approximate surface area is 69.4 Å². The molecule has 0 spiro atoms. The molecule has 0 aromatic rings. The highest BCUT2D eigenvalue weighted by atomic mass is 16.6. The van der Waals surface area contributed by atoms with Crippen LogP contribution in [0.25, 0.3) is 10.4 Å². The van der Waals surface area contributed by atoms with Gasteiger partial charge in [-0.1, -0.05) is 12.0 Å². The first-order chi connectivity index (χ1) is 5.66. The topological polar surface area (TPSA) is 98.5 Å². The predicted molar refractivity (Wildman–Crippen MR) is 40.1 cm³/mol. The highest BCUT2D eigenvalue weighted by Gasteiger charge is 2.39. The van der Waals surface area contributed by atoms with Crippen LogP contribution in [0.4, 0.5) is 0 Å². The minimum Gasteiger partial charge on any atom is -0.387 e. The van der Waals surface area contributed by atoms with E-state index in [4.69, 9.17) is 15.4 Å². The van der Waals surface area contributed by atoms with Crippen molar-refractivity contribution in [1.29, 1.82) is 0 Å². The first kappa shape index (κ1) is 9.28. The predicted octanol–water partition coefficient (Wildman–Crippen LogP) is 0.0109. The summed E-state index contributed by atoms with van der Waals surface area (Å²) >= 11 is 0. The standard InChI is InChI=1S/C6H11N3O3/c1-3-4(2-8-9-7)12-6(11)5(3)10/h3-6,10-11H,2H2,1H3. The molecular weight excluding hydrogens is 162 g/mol. The number of ether oxygens (including phenoxy) is 1. The van der Waals surface area contributed by atoms with E-state index in [1.807, 2.05) is 0 Å². The maximum absolute atomic E-state index is 9.23. The van der Waals surface area contributed by atoms with Gasteiger partial charge in [-0.25, -0.2) is 0 Å². The van der Waals surface area contributed by atoms with E-state index in [-0.39, 0.29) is 18.6 Å². The fraction of sp³-hybridized carbons (Fsp3) is 1.00. The molecular formula is C6H11N3O3. The summed E-state index contributed by atoms with van der Waals surface area (Å²) in [4.78, 5) is 2.57. The van der Waals surface area contributed by atoms with Crippen LogP contribution in [0, 0.1) is 5.92 Å². The normalized spacial score (nSPS) is 40.9. The second-order valence-electron chi connectivity index (χ2n) is 2.83. The van der Waals surface area contributed by atoms with Crippen molar-refractivity contribution in [3.8, 4) is 0 Å². The summed E-state index contributed by atoms with van der Waals surface area (Å²) in [6.45, 7) is 1.88. The molecule has 1 aliphatic rings. The van der Waals surface area contributed by atoms with Gasteiger partial charge in [0.25, 0.3) is 0 Å². The molecule has 2 N–H and O–H groups in total. The van der Waals surface area contributed by atoms with E-state index in [9.17, 15) is 5.11 Å². The van der Waals surface area contributed by atoms with Crippen molar-refractivity contribution < 1.29 is 14.9 Å². The van der Waals surface area contributed by atoms with Gasteiger partial charge in [-0.2, -0.15) is 0 Å². The number of aliphatic hydroxyl groups excluding tert-OH is 2. The monoisotopic (exact) mass is 173 g/mol. The lowest BCUT2D eigenvalue weighted by molar-refractivity contribution is -0.125. The van der Waals surface area contributed by atoms with Crippen LogP contribution < -0.4 is 0 Å². The van der Waals surface area contributed by atoms with Gasteiger partial charge in [0, 0.05) is 10.8 Å². The van der Waals surface area contributed by atoms with Crippen LogP contribution in [-0.2, 0) is 4.74 Å². The Morgan fingerprint density at radius 2 is 2.25 bits per heavy atom. The van der Waals surface area contributed by atoms with Gasteiger partial charge in [0.1, 0.15) is 6.10 Å². The molecule has 4 atom stereocenters. The van der Waals surface area contributed by atoms with E-state index in [1.165, 1.54) is 0 Å². The van der Waals surface area contributed by atoms with Gasteiger partial charge >= 0.3 is 0 Å². The molecule has 0 aromatic heterocycles. The number of azide groups is 1. The highest BCUT2D eigenvalue weighted by Crippen LogP contribution is 2.25. The van der Waals surface area contributed by atoms with Crippen molar-refractivity contribution in [3.63, 3.8) is 0 Å². The summed E-state index contributed by atoms with van der Waals surface area (Å²) in [5.41, 5.74) is 8.02. The molecule has 0 aromatic carbocycles. The molecule has 0 bridgehead atoms. The maximum Gasteiger partial charge on any atom is 0.181 e. The number of nitrogens with zero attached hydrogens (tertiary/aromatic N) is 3. The van der Waals surface area contributed by atoms with E-state index in [0.717, 1.165) is 0 Å². The molecule has 4 unspecified atom stereocenters. The molecule has 1 heterocycles. The molecule has 6 heteroatoms. The number of hydrogen-bond acceptors (Lipinski definition) is 4. The molecule has 0 aliphatic carbocycles. The molecule has 1 rings (SSSR count). The van der Waals surface area contributed by atoms with Crippen molar-refractivity contribution in [3.05, 3.63) is 10.4 Å². The lowest BCUT2D eigenvalue weighted by Crippen LogP contribution is -2.25. The van der Waals surface area contributed by atoms with Crippen LogP contribution in [0.15, 0.2) is 5.11 Å². The third-order valence-corrected chi connectivity index (χ3v) is 2.06. The summed E-state index contributed by atoms with van der Waals surface area (Å²) in [7, 11) is 0. The Kier molecular flexibility index (Phi) is 2.88. The second-order valence-corrected chi connectivity index (χ2v) is 2.83. The molecule has 68 valence electrons. The van der Waals surface area contributed by atoms with Gasteiger partial charge in [0.15, 0.2) is 6.29 Å². The zero-order valence-corrected chi connectivity index (χ0v) is 6.66. The van der Waals surface area contributed by atoms with Crippen LogP contribution in [0.2, 0.25) is 0 Å². The number of aliphatic hydroxyl groups is 2. The van der Waals surface area contributed by atoms with E-state index < -0.39 is 12.4 Å². The minimum atomic E-state index is -1.15. The maximum atomic E-state index is 9.23. The molecule has 6 nitrogen and oxygen atoms in total. The Morgan fingerprint density at radius 1 is 1.58 bits per heavy atom. The van der Waals surface area contributed by atoms with Crippen LogP contribution in [-0.4, -0.2) is 35.3 Å². The fourth-order valence-electron chi connectivity index (χ4n) is 1.19. The van der Waals surface area contributed by atoms with Crippen LogP contribution >= 0.6 is 0 Å². The zero-order chi connectivity index (χ0) is 9.14. The average molecular weight is 173 g/mol. The first-order valence-electron chi connectivity index (χ1n) is 3.69. The van der Waals surface area contributed by atoms with Gasteiger partial charge in [-0.3, -0.25) is 0 Å². The van der Waals surface area contributed by atoms with Crippen molar-refractivity contribution in [1.82, 2.24) is 0 Å². The molecule has 0 saturated carbocycles. The Hall–Kier alpha value is -0.810. The summed E-state index contributed by atoms with van der Waals surface area (Å²) in [6.07, 6.45) is -2.42. The van der Waals surface area contributed by atoms with Crippen molar-refractivity contribution in [2.24, 2.45) is 11.0 Å². The molecule has 12 heavy (non-hydrogen) atoms. The molecule has 1 saturated heterocycles. The van der Waals surface area contributed by atoms with E-state index in [1.54, 1.807) is 6.92 Å². The lowest BCUT2D eigenvalue weighted by atomic mass is 10.0. The van der Waals surface area contributed by atoms with E-state index in [0.29, 0.717) is 0 Å². The lowest BCUT2D eigenvalue weighted by Gasteiger charge is -2.11. The molecule has 0 radical (unpaired) electrons. The summed E-state index contributed by atoms with van der Waals surface area (Å²) in [6, 6.07) is 0. The Morgan fingerprint density at radius 3 is 2.67 bits per heavy atom. The molecule has 1 fully saturated rings. The van der Waals surface area contributed by atoms with Gasteiger partial charge in [-0.15, -0.1) is 0 Å². The fourth-order valence-corrected chi connectivity index (χ4v) is 1.19. The van der Waals surface area contributed by atoms with Gasteiger partial charge in [0.2, 0.25) is 0 Å². The summed E-state index contributed by atoms with van der Waals surface area (Å²) in [5.74, 6) is -0.203. The van der Waals surface area contributed by atoms with Gasteiger partial charge in [-0.05, 0) is 5.53 Å². The van der Waals surface area contributed by atoms with Crippen molar-refractivity contribution in [2.45, 2.75) is 25.4 Å². The SMILES string of the molecule is CC1C(CN=[N+]=[N-])OC(O)C1O. The second kappa shape index (κ2) is 3.73.